The van der Waals surface area contributed by atoms with Crippen LogP contribution in [0.2, 0.25) is 0 Å². The highest BCUT2D eigenvalue weighted by Crippen LogP contribution is 2.17. The van der Waals surface area contributed by atoms with Gasteiger partial charge in [-0.3, -0.25) is 10.4 Å². The fourth-order valence-corrected chi connectivity index (χ4v) is 2.70. The summed E-state index contributed by atoms with van der Waals surface area (Å²) in [5, 5.41) is 16.9. The molecule has 0 spiro atoms. The molecule has 2 aromatic heterocycles. The summed E-state index contributed by atoms with van der Waals surface area (Å²) in [5.74, 6) is 1.92. The van der Waals surface area contributed by atoms with Crippen LogP contribution in [0.3, 0.4) is 0 Å². The third-order valence-corrected chi connectivity index (χ3v) is 4.02. The maximum atomic E-state index is 12.4. The second-order valence-corrected chi connectivity index (χ2v) is 6.42. The van der Waals surface area contributed by atoms with E-state index in [2.05, 4.69) is 50.0 Å². The Hall–Kier alpha value is -3.16. The van der Waals surface area contributed by atoms with E-state index in [4.69, 9.17) is 0 Å². The molecule has 2 heterocycles. The standard InChI is InChI=1S/C18H23N7O/c1-11-6-5-7-15(8-11)10-25-17(12(2)9-19-25)22-18(26)20-13(3)16-21-14(4)23-24-16/h5-9,13H,10H2,1-4H3,(H2,20,22,26)(H,21,23,24)/t13-/m1/s1. The number of carbonyl (C=O) groups excluding carboxylic acids is 1. The van der Waals surface area contributed by atoms with Crippen molar-refractivity contribution >= 4 is 11.8 Å². The van der Waals surface area contributed by atoms with Gasteiger partial charge in [-0.2, -0.15) is 10.2 Å². The minimum Gasteiger partial charge on any atom is -0.328 e. The van der Waals surface area contributed by atoms with Crippen molar-refractivity contribution in [3.05, 3.63) is 58.8 Å². The average molecular weight is 353 g/mol. The van der Waals surface area contributed by atoms with Crippen molar-refractivity contribution in [2.24, 2.45) is 0 Å². The number of hydrogen-bond donors (Lipinski definition) is 3. The van der Waals surface area contributed by atoms with Crippen molar-refractivity contribution in [3.8, 4) is 0 Å². The Morgan fingerprint density at radius 2 is 2.12 bits per heavy atom. The first-order valence-corrected chi connectivity index (χ1v) is 8.46. The van der Waals surface area contributed by atoms with E-state index in [0.717, 1.165) is 11.1 Å². The largest absolute Gasteiger partial charge is 0.328 e. The summed E-state index contributed by atoms with van der Waals surface area (Å²) in [6.45, 7) is 8.20. The number of aromatic nitrogens is 5. The van der Waals surface area contributed by atoms with Gasteiger partial charge in [0.05, 0.1) is 18.8 Å². The molecule has 3 aromatic rings. The molecule has 8 nitrogen and oxygen atoms in total. The molecule has 26 heavy (non-hydrogen) atoms. The van der Waals surface area contributed by atoms with E-state index in [9.17, 15) is 4.79 Å². The van der Waals surface area contributed by atoms with Gasteiger partial charge in [0.15, 0.2) is 5.82 Å². The maximum absolute atomic E-state index is 12.4. The van der Waals surface area contributed by atoms with Crippen molar-refractivity contribution in [2.45, 2.75) is 40.3 Å². The third-order valence-electron chi connectivity index (χ3n) is 4.02. The molecule has 0 unspecified atom stereocenters. The van der Waals surface area contributed by atoms with Gasteiger partial charge in [0.2, 0.25) is 0 Å². The number of aryl methyl sites for hydroxylation is 3. The lowest BCUT2D eigenvalue weighted by atomic mass is 10.1. The number of urea groups is 1. The number of rotatable bonds is 5. The molecular weight excluding hydrogens is 330 g/mol. The Morgan fingerprint density at radius 1 is 1.31 bits per heavy atom. The van der Waals surface area contributed by atoms with Crippen LogP contribution < -0.4 is 10.6 Å². The first-order chi connectivity index (χ1) is 12.4. The van der Waals surface area contributed by atoms with Gasteiger partial charge in [0, 0.05) is 5.56 Å². The summed E-state index contributed by atoms with van der Waals surface area (Å²) in [7, 11) is 0. The van der Waals surface area contributed by atoms with Gasteiger partial charge in [-0.25, -0.2) is 14.5 Å². The quantitative estimate of drug-likeness (QED) is 0.656. The number of benzene rings is 1. The van der Waals surface area contributed by atoms with Crippen LogP contribution in [0.4, 0.5) is 10.6 Å². The highest BCUT2D eigenvalue weighted by atomic mass is 16.2. The van der Waals surface area contributed by atoms with Crippen LogP contribution >= 0.6 is 0 Å². The number of amides is 2. The molecule has 3 rings (SSSR count). The second-order valence-electron chi connectivity index (χ2n) is 6.42. The Kier molecular flexibility index (Phi) is 5.01. The SMILES string of the molecule is Cc1cccc(Cn2ncc(C)c2NC(=O)N[C@H](C)c2n[nH]c(C)n2)c1. The fraction of sp³-hybridized carbons (Fsp3) is 0.333. The van der Waals surface area contributed by atoms with Crippen LogP contribution in [0.15, 0.2) is 30.5 Å². The Morgan fingerprint density at radius 3 is 2.81 bits per heavy atom. The zero-order chi connectivity index (χ0) is 18.7. The van der Waals surface area contributed by atoms with Crippen LogP contribution in [0.5, 0.6) is 0 Å². The van der Waals surface area contributed by atoms with E-state index in [1.807, 2.05) is 32.9 Å². The lowest BCUT2D eigenvalue weighted by molar-refractivity contribution is 0.248. The van der Waals surface area contributed by atoms with Crippen LogP contribution in [-0.4, -0.2) is 31.0 Å². The molecule has 136 valence electrons. The molecule has 3 N–H and O–H groups in total. The number of anilines is 1. The van der Waals surface area contributed by atoms with Crippen molar-refractivity contribution in [2.75, 3.05) is 5.32 Å². The Balaban J connectivity index is 1.69. The van der Waals surface area contributed by atoms with Gasteiger partial charge >= 0.3 is 6.03 Å². The zero-order valence-electron chi connectivity index (χ0n) is 15.4. The molecule has 2 amide bonds. The summed E-state index contributed by atoms with van der Waals surface area (Å²) in [6, 6.07) is 7.58. The molecule has 8 heteroatoms. The Labute approximate surface area is 152 Å². The van der Waals surface area contributed by atoms with Crippen LogP contribution in [0.25, 0.3) is 0 Å². The van der Waals surface area contributed by atoms with Gasteiger partial charge in [0.1, 0.15) is 11.6 Å². The van der Waals surface area contributed by atoms with Crippen LogP contribution in [0, 0.1) is 20.8 Å². The Bertz CT molecular complexity index is 912. The molecule has 0 fully saturated rings. The van der Waals surface area contributed by atoms with Crippen molar-refractivity contribution < 1.29 is 4.79 Å². The van der Waals surface area contributed by atoms with E-state index >= 15 is 0 Å². The molecule has 1 aromatic carbocycles. The first kappa shape index (κ1) is 17.7. The summed E-state index contributed by atoms with van der Waals surface area (Å²) in [4.78, 5) is 16.6. The zero-order valence-corrected chi connectivity index (χ0v) is 15.4. The van der Waals surface area contributed by atoms with E-state index in [0.29, 0.717) is 24.0 Å². The van der Waals surface area contributed by atoms with E-state index < -0.39 is 0 Å². The number of H-pyrrole nitrogens is 1. The van der Waals surface area contributed by atoms with Crippen molar-refractivity contribution in [1.29, 1.82) is 0 Å². The number of hydrogen-bond acceptors (Lipinski definition) is 4. The van der Waals surface area contributed by atoms with Crippen LogP contribution in [0.1, 0.15) is 41.3 Å². The van der Waals surface area contributed by atoms with E-state index in [1.54, 1.807) is 10.9 Å². The predicted molar refractivity (Wildman–Crippen MR) is 98.9 cm³/mol. The second kappa shape index (κ2) is 7.38. The monoisotopic (exact) mass is 353 g/mol. The minimum absolute atomic E-state index is 0.312. The number of nitrogens with one attached hydrogen (secondary N) is 3. The molecule has 0 aliphatic heterocycles. The van der Waals surface area contributed by atoms with E-state index in [1.165, 1.54) is 5.56 Å². The highest BCUT2D eigenvalue weighted by molar-refractivity contribution is 5.89. The molecule has 0 saturated heterocycles. The number of carbonyl (C=O) groups is 1. The van der Waals surface area contributed by atoms with E-state index in [-0.39, 0.29) is 12.1 Å². The fourth-order valence-electron chi connectivity index (χ4n) is 2.70. The molecule has 0 saturated carbocycles. The summed E-state index contributed by atoms with van der Waals surface area (Å²) < 4.78 is 1.78. The molecule has 1 atom stereocenters. The van der Waals surface area contributed by atoms with Crippen molar-refractivity contribution in [1.82, 2.24) is 30.3 Å². The molecule has 0 bridgehead atoms. The normalized spacial score (nSPS) is 12.0. The van der Waals surface area contributed by atoms with Gasteiger partial charge in [-0.05, 0) is 33.3 Å². The lowest BCUT2D eigenvalue weighted by Crippen LogP contribution is -2.32. The smallest absolute Gasteiger partial charge is 0.320 e. The third kappa shape index (κ3) is 4.08. The van der Waals surface area contributed by atoms with Crippen molar-refractivity contribution in [3.63, 3.8) is 0 Å². The minimum atomic E-state index is -0.325. The summed E-state index contributed by atoms with van der Waals surface area (Å²) in [6.07, 6.45) is 1.74. The topological polar surface area (TPSA) is 101 Å². The number of nitrogens with zero attached hydrogens (tertiary/aromatic N) is 4. The first-order valence-electron chi connectivity index (χ1n) is 8.46. The van der Waals surface area contributed by atoms with Gasteiger partial charge in [-0.1, -0.05) is 29.8 Å². The molecule has 0 radical (unpaired) electrons. The summed E-state index contributed by atoms with van der Waals surface area (Å²) >= 11 is 0. The van der Waals surface area contributed by atoms with Gasteiger partial charge in [-0.15, -0.1) is 0 Å². The molecule has 0 aliphatic rings. The maximum Gasteiger partial charge on any atom is 0.320 e. The highest BCUT2D eigenvalue weighted by Gasteiger charge is 2.16. The molecular formula is C18H23N7O. The predicted octanol–water partition coefficient (Wildman–Crippen LogP) is 2.86. The van der Waals surface area contributed by atoms with Gasteiger partial charge in [0.25, 0.3) is 0 Å². The number of aromatic amines is 1. The average Bonchev–Trinajstić information content (AvgIpc) is 3.16. The van der Waals surface area contributed by atoms with Gasteiger partial charge < -0.3 is 5.32 Å². The molecule has 0 aliphatic carbocycles. The lowest BCUT2D eigenvalue weighted by Gasteiger charge is -2.14. The van der Waals surface area contributed by atoms with Crippen LogP contribution in [-0.2, 0) is 6.54 Å². The summed E-state index contributed by atoms with van der Waals surface area (Å²) in [5.41, 5.74) is 3.21.